The number of rotatable bonds is 4. The van der Waals surface area contributed by atoms with E-state index < -0.39 is 17.4 Å². The fourth-order valence-electron chi connectivity index (χ4n) is 6.01. The van der Waals surface area contributed by atoms with Gasteiger partial charge in [0.05, 0.1) is 11.8 Å². The van der Waals surface area contributed by atoms with Crippen LogP contribution in [0.2, 0.25) is 0 Å². The molecule has 2 N–H and O–H groups in total. The normalized spacial score (nSPS) is 33.7. The number of likely N-dealkylation sites (tertiary alicyclic amines) is 1. The second kappa shape index (κ2) is 6.84. The number of carbonyl (C=O) groups is 3. The number of nitrogens with zero attached hydrogens (tertiary/aromatic N) is 1. The average Bonchev–Trinajstić information content (AvgIpc) is 3.44. The number of fused-ring (bicyclic) bond motifs is 4. The Morgan fingerprint density at radius 3 is 2.66 bits per heavy atom. The van der Waals surface area contributed by atoms with Crippen LogP contribution in [0.25, 0.3) is 0 Å². The van der Waals surface area contributed by atoms with Crippen molar-refractivity contribution in [3.63, 3.8) is 0 Å². The molecule has 1 spiro atoms. The van der Waals surface area contributed by atoms with Gasteiger partial charge in [0.2, 0.25) is 17.7 Å². The van der Waals surface area contributed by atoms with E-state index in [-0.39, 0.29) is 29.8 Å². The van der Waals surface area contributed by atoms with E-state index in [4.69, 9.17) is 0 Å². The topological polar surface area (TPSA) is 78.5 Å². The van der Waals surface area contributed by atoms with Crippen LogP contribution in [0.4, 0.5) is 5.69 Å². The van der Waals surface area contributed by atoms with Crippen LogP contribution in [0.15, 0.2) is 18.2 Å². The molecule has 1 aromatic rings. The van der Waals surface area contributed by atoms with Crippen LogP contribution in [0.3, 0.4) is 0 Å². The summed E-state index contributed by atoms with van der Waals surface area (Å²) in [5, 5.41) is 6.53. The monoisotopic (exact) mass is 413 g/mol. The first kappa shape index (κ1) is 19.1. The van der Waals surface area contributed by atoms with Crippen molar-refractivity contribution in [1.82, 2.24) is 10.2 Å². The molecule has 0 unspecified atom stereocenters. The number of hydrogen-bond donors (Lipinski definition) is 2. The van der Waals surface area contributed by atoms with Crippen LogP contribution in [0, 0.1) is 18.8 Å². The molecule has 4 atom stereocenters. The summed E-state index contributed by atoms with van der Waals surface area (Å²) in [5.41, 5.74) is 1.44. The molecule has 3 heterocycles. The fourth-order valence-corrected chi connectivity index (χ4v) is 6.50. The van der Waals surface area contributed by atoms with E-state index in [1.165, 1.54) is 4.90 Å². The molecule has 29 heavy (non-hydrogen) atoms. The first-order valence-electron chi connectivity index (χ1n) is 10.6. The van der Waals surface area contributed by atoms with Gasteiger partial charge in [-0.05, 0) is 43.8 Å². The van der Waals surface area contributed by atoms with Gasteiger partial charge in [-0.15, -0.1) is 0 Å². The van der Waals surface area contributed by atoms with Crippen molar-refractivity contribution in [3.05, 3.63) is 29.3 Å². The van der Waals surface area contributed by atoms with Gasteiger partial charge in [0.1, 0.15) is 5.54 Å². The molecule has 154 valence electrons. The molecule has 1 aromatic carbocycles. The largest absolute Gasteiger partial charge is 0.324 e. The average molecular weight is 414 g/mol. The molecule has 3 fully saturated rings. The van der Waals surface area contributed by atoms with Crippen LogP contribution in [0.5, 0.6) is 0 Å². The molecular weight excluding hydrogens is 386 g/mol. The van der Waals surface area contributed by atoms with Gasteiger partial charge in [-0.3, -0.25) is 24.6 Å². The third-order valence-corrected chi connectivity index (χ3v) is 7.96. The number of anilines is 1. The maximum absolute atomic E-state index is 13.7. The number of thioether (sulfide) groups is 1. The molecule has 5 rings (SSSR count). The Morgan fingerprint density at radius 1 is 1.17 bits per heavy atom. The molecule has 6 nitrogen and oxygen atoms in total. The van der Waals surface area contributed by atoms with Gasteiger partial charge in [0.15, 0.2) is 0 Å². The first-order valence-corrected chi connectivity index (χ1v) is 11.9. The highest BCUT2D eigenvalue weighted by Crippen LogP contribution is 2.54. The molecule has 1 aliphatic carbocycles. The molecule has 0 bridgehead atoms. The molecule has 3 amide bonds. The zero-order valence-corrected chi connectivity index (χ0v) is 17.7. The lowest BCUT2D eigenvalue weighted by atomic mass is 9.76. The minimum atomic E-state index is -1.14. The number of nitrogens with one attached hydrogen (secondary N) is 2. The Bertz CT molecular complexity index is 897. The van der Waals surface area contributed by atoms with E-state index in [1.54, 1.807) is 11.8 Å². The summed E-state index contributed by atoms with van der Waals surface area (Å²) in [4.78, 5) is 42.1. The second-order valence-electron chi connectivity index (χ2n) is 8.78. The zero-order chi connectivity index (χ0) is 20.3. The predicted octanol–water partition coefficient (Wildman–Crippen LogP) is 2.41. The van der Waals surface area contributed by atoms with E-state index in [1.807, 2.05) is 31.4 Å². The van der Waals surface area contributed by atoms with Crippen LogP contribution in [-0.2, 0) is 19.9 Å². The summed E-state index contributed by atoms with van der Waals surface area (Å²) in [6, 6.07) is 5.64. The summed E-state index contributed by atoms with van der Waals surface area (Å²) in [6.07, 6.45) is 6.67. The minimum Gasteiger partial charge on any atom is -0.324 e. The van der Waals surface area contributed by atoms with Crippen molar-refractivity contribution in [2.75, 3.05) is 17.3 Å². The van der Waals surface area contributed by atoms with Crippen molar-refractivity contribution >= 4 is 35.2 Å². The van der Waals surface area contributed by atoms with Crippen LogP contribution < -0.4 is 10.6 Å². The van der Waals surface area contributed by atoms with E-state index in [2.05, 4.69) is 10.6 Å². The summed E-state index contributed by atoms with van der Waals surface area (Å²) in [6.45, 7) is 1.96. The summed E-state index contributed by atoms with van der Waals surface area (Å²) >= 11 is 1.72. The molecule has 0 radical (unpaired) electrons. The number of para-hydroxylation sites is 1. The van der Waals surface area contributed by atoms with Crippen molar-refractivity contribution in [3.8, 4) is 0 Å². The Labute approximate surface area is 175 Å². The van der Waals surface area contributed by atoms with Crippen molar-refractivity contribution < 1.29 is 14.4 Å². The highest BCUT2D eigenvalue weighted by molar-refractivity contribution is 7.98. The summed E-state index contributed by atoms with van der Waals surface area (Å²) < 4.78 is 0. The lowest BCUT2D eigenvalue weighted by Gasteiger charge is -2.31. The van der Waals surface area contributed by atoms with E-state index in [0.717, 1.165) is 54.7 Å². The Kier molecular flexibility index (Phi) is 4.51. The third kappa shape index (κ3) is 2.49. The summed E-state index contributed by atoms with van der Waals surface area (Å²) in [5.74, 6) is -0.674. The molecule has 0 aromatic heterocycles. The third-order valence-electron chi connectivity index (χ3n) is 7.32. The predicted molar refractivity (Wildman–Crippen MR) is 112 cm³/mol. The number of amides is 3. The van der Waals surface area contributed by atoms with Crippen LogP contribution >= 0.6 is 11.8 Å². The van der Waals surface area contributed by atoms with Crippen LogP contribution in [-0.4, -0.2) is 46.7 Å². The van der Waals surface area contributed by atoms with Gasteiger partial charge < -0.3 is 5.32 Å². The van der Waals surface area contributed by atoms with Gasteiger partial charge in [0.25, 0.3) is 0 Å². The minimum absolute atomic E-state index is 0.000273. The lowest BCUT2D eigenvalue weighted by Crippen LogP contribution is -2.54. The Morgan fingerprint density at radius 2 is 1.93 bits per heavy atom. The quantitative estimate of drug-likeness (QED) is 0.741. The van der Waals surface area contributed by atoms with E-state index in [0.29, 0.717) is 0 Å². The van der Waals surface area contributed by atoms with Gasteiger partial charge >= 0.3 is 0 Å². The smallest absolute Gasteiger partial charge is 0.250 e. The Balaban J connectivity index is 1.63. The number of benzene rings is 1. The maximum atomic E-state index is 13.7. The highest BCUT2D eigenvalue weighted by atomic mass is 32.2. The van der Waals surface area contributed by atoms with Gasteiger partial charge in [-0.1, -0.05) is 31.0 Å². The molecule has 2 saturated heterocycles. The van der Waals surface area contributed by atoms with Crippen molar-refractivity contribution in [2.24, 2.45) is 11.8 Å². The molecule has 7 heteroatoms. The van der Waals surface area contributed by atoms with Gasteiger partial charge in [-0.25, -0.2) is 0 Å². The fraction of sp³-hybridized carbons (Fsp3) is 0.591. The maximum Gasteiger partial charge on any atom is 0.250 e. The van der Waals surface area contributed by atoms with E-state index >= 15 is 0 Å². The highest BCUT2D eigenvalue weighted by Gasteiger charge is 2.70. The molecule has 4 aliphatic rings. The number of hydrogen-bond acceptors (Lipinski definition) is 5. The van der Waals surface area contributed by atoms with Crippen LogP contribution in [0.1, 0.15) is 43.2 Å². The summed E-state index contributed by atoms with van der Waals surface area (Å²) in [7, 11) is 0. The number of aryl methyl sites for hydroxylation is 1. The van der Waals surface area contributed by atoms with Gasteiger partial charge in [-0.2, -0.15) is 11.8 Å². The first-order chi connectivity index (χ1) is 14.0. The lowest BCUT2D eigenvalue weighted by molar-refractivity contribution is -0.145. The SMILES string of the molecule is CSCC[C@@H]1N[C@@]2(C(=O)Nc3c(C)cccc32)[C@H]2C(=O)N(C3CCCC3)C(=O)[C@H]12. The van der Waals surface area contributed by atoms with Crippen molar-refractivity contribution in [1.29, 1.82) is 0 Å². The molecule has 3 aliphatic heterocycles. The number of imide groups is 1. The van der Waals surface area contributed by atoms with Gasteiger partial charge in [0, 0.05) is 23.3 Å². The second-order valence-corrected chi connectivity index (χ2v) is 9.77. The molecule has 1 saturated carbocycles. The van der Waals surface area contributed by atoms with Crippen molar-refractivity contribution in [2.45, 2.75) is 56.7 Å². The Hall–Kier alpha value is -1.86. The van der Waals surface area contributed by atoms with E-state index in [9.17, 15) is 14.4 Å². The number of carbonyl (C=O) groups excluding carboxylic acids is 3. The molecular formula is C22H27N3O3S. The zero-order valence-electron chi connectivity index (χ0n) is 16.9. The standard InChI is InChI=1S/C22H27N3O3S/c1-12-6-5-9-14-18(12)23-21(28)22(14)17-16(15(24-22)10-11-29-2)19(26)25(20(17)27)13-7-3-4-8-13/h5-6,9,13,15-17,24H,3-4,7-8,10-11H2,1-2H3,(H,23,28)/t15-,16+,17+,22+/m0/s1.